The minimum atomic E-state index is -0.368. The third-order valence-corrected chi connectivity index (χ3v) is 5.69. The lowest BCUT2D eigenvalue weighted by atomic mass is 10.1. The molecule has 3 N–H and O–H groups in total. The van der Waals surface area contributed by atoms with Gasteiger partial charge in [-0.25, -0.2) is 4.68 Å². The van der Waals surface area contributed by atoms with E-state index in [-0.39, 0.29) is 17.2 Å². The number of hydrogen-bond acceptors (Lipinski definition) is 5. The first-order chi connectivity index (χ1) is 11.9. The summed E-state index contributed by atoms with van der Waals surface area (Å²) >= 11 is 13.4. The summed E-state index contributed by atoms with van der Waals surface area (Å²) in [5.74, 6) is 7.10. The van der Waals surface area contributed by atoms with Crippen molar-refractivity contribution in [2.24, 2.45) is 0 Å². The molecule has 3 rings (SSSR count). The molecule has 25 heavy (non-hydrogen) atoms. The molecule has 1 amide bonds. The molecule has 9 heteroatoms. The number of nitrogens with one attached hydrogen (secondary N) is 1. The summed E-state index contributed by atoms with van der Waals surface area (Å²) in [4.78, 5) is 12.5. The molecule has 2 atom stereocenters. The summed E-state index contributed by atoms with van der Waals surface area (Å²) in [6.07, 6.45) is 2.19. The van der Waals surface area contributed by atoms with Crippen LogP contribution in [0.4, 0.5) is 0 Å². The highest BCUT2D eigenvalue weighted by Gasteiger charge is 2.30. The van der Waals surface area contributed by atoms with E-state index >= 15 is 0 Å². The first-order valence-corrected chi connectivity index (χ1v) is 9.62. The topological polar surface area (TPSA) is 85.8 Å². The second-order valence-corrected chi connectivity index (χ2v) is 8.29. The molecule has 1 saturated carbocycles. The van der Waals surface area contributed by atoms with Gasteiger partial charge in [-0.05, 0) is 44.4 Å². The van der Waals surface area contributed by atoms with E-state index in [1.54, 1.807) is 12.1 Å². The van der Waals surface area contributed by atoms with Crippen molar-refractivity contribution in [3.8, 4) is 0 Å². The van der Waals surface area contributed by atoms with Gasteiger partial charge in [0.05, 0.1) is 11.3 Å². The Bertz CT molecular complexity index is 793. The summed E-state index contributed by atoms with van der Waals surface area (Å²) in [6.45, 7) is 3.68. The summed E-state index contributed by atoms with van der Waals surface area (Å²) in [5, 5.41) is 12.4. The first-order valence-electron chi connectivity index (χ1n) is 7.99. The maximum atomic E-state index is 12.5. The van der Waals surface area contributed by atoms with Crippen LogP contribution in [-0.4, -0.2) is 26.0 Å². The van der Waals surface area contributed by atoms with E-state index in [1.807, 2.05) is 19.9 Å². The highest BCUT2D eigenvalue weighted by molar-refractivity contribution is 8.00. The van der Waals surface area contributed by atoms with Crippen LogP contribution in [0.2, 0.25) is 10.0 Å². The molecule has 1 aliphatic carbocycles. The molecule has 6 nitrogen and oxygen atoms in total. The summed E-state index contributed by atoms with van der Waals surface area (Å²) < 4.78 is 1.49. The normalized spacial score (nSPS) is 16.5. The molecule has 1 heterocycles. The molecule has 0 unspecified atom stereocenters. The second kappa shape index (κ2) is 7.43. The van der Waals surface area contributed by atoms with Crippen molar-refractivity contribution in [3.05, 3.63) is 39.6 Å². The van der Waals surface area contributed by atoms with Gasteiger partial charge in [0.2, 0.25) is 11.1 Å². The predicted octanol–water partition coefficient (Wildman–Crippen LogP) is 3.53. The Morgan fingerprint density at radius 1 is 1.36 bits per heavy atom. The molecule has 0 saturated heterocycles. The zero-order valence-electron chi connectivity index (χ0n) is 13.9. The van der Waals surface area contributed by atoms with Crippen LogP contribution in [0.15, 0.2) is 23.4 Å². The van der Waals surface area contributed by atoms with Gasteiger partial charge >= 0.3 is 0 Å². The number of nitrogens with zero attached hydrogens (tertiary/aromatic N) is 3. The van der Waals surface area contributed by atoms with Crippen molar-refractivity contribution in [1.82, 2.24) is 20.2 Å². The fourth-order valence-corrected chi connectivity index (χ4v) is 3.82. The van der Waals surface area contributed by atoms with Crippen molar-refractivity contribution in [1.29, 1.82) is 0 Å². The lowest BCUT2D eigenvalue weighted by Gasteiger charge is -2.18. The number of benzene rings is 1. The molecule has 0 spiro atoms. The van der Waals surface area contributed by atoms with Crippen LogP contribution in [0.1, 0.15) is 50.0 Å². The zero-order chi connectivity index (χ0) is 18.1. The average molecular weight is 400 g/mol. The van der Waals surface area contributed by atoms with E-state index in [0.717, 1.165) is 24.2 Å². The van der Waals surface area contributed by atoms with Crippen LogP contribution < -0.4 is 11.2 Å². The van der Waals surface area contributed by atoms with Gasteiger partial charge < -0.3 is 11.2 Å². The Balaban J connectivity index is 1.62. The minimum absolute atomic E-state index is 0.125. The van der Waals surface area contributed by atoms with Crippen molar-refractivity contribution in [2.75, 3.05) is 5.84 Å². The lowest BCUT2D eigenvalue weighted by molar-refractivity contribution is -0.120. The zero-order valence-corrected chi connectivity index (χ0v) is 16.2. The minimum Gasteiger partial charge on any atom is -0.349 e. The number of amides is 1. The summed E-state index contributed by atoms with van der Waals surface area (Å²) in [6, 6.07) is 4.99. The molecule has 2 aromatic rings. The Kier molecular flexibility index (Phi) is 5.46. The number of rotatable bonds is 6. The van der Waals surface area contributed by atoms with Gasteiger partial charge in [-0.3, -0.25) is 4.79 Å². The van der Waals surface area contributed by atoms with Crippen molar-refractivity contribution < 1.29 is 4.79 Å². The Morgan fingerprint density at radius 2 is 2.08 bits per heavy atom. The summed E-state index contributed by atoms with van der Waals surface area (Å²) in [7, 11) is 0. The number of hydrogen-bond donors (Lipinski definition) is 2. The number of carbonyl (C=O) groups excluding carboxylic acids is 1. The standard InChI is InChI=1S/C16H19Cl2N5OS/c1-8(12-6-5-11(17)7-13(12)18)20-15(24)9(2)25-16-22-21-14(23(16)19)10-3-4-10/h5-10H,3-4,19H2,1-2H3,(H,20,24)/t8-,9-/m1/s1. The van der Waals surface area contributed by atoms with Gasteiger partial charge in [0, 0.05) is 16.0 Å². The molecule has 0 aliphatic heterocycles. The van der Waals surface area contributed by atoms with E-state index in [0.29, 0.717) is 21.1 Å². The van der Waals surface area contributed by atoms with E-state index in [9.17, 15) is 4.79 Å². The Morgan fingerprint density at radius 3 is 2.72 bits per heavy atom. The maximum Gasteiger partial charge on any atom is 0.233 e. The number of halogens is 2. The highest BCUT2D eigenvalue weighted by Crippen LogP contribution is 2.39. The van der Waals surface area contributed by atoms with E-state index < -0.39 is 0 Å². The maximum absolute atomic E-state index is 12.5. The average Bonchev–Trinajstić information content (AvgIpc) is 3.32. The third kappa shape index (κ3) is 4.22. The fraction of sp³-hybridized carbons (Fsp3) is 0.438. The van der Waals surface area contributed by atoms with Crippen LogP contribution in [0.3, 0.4) is 0 Å². The molecule has 134 valence electrons. The van der Waals surface area contributed by atoms with Gasteiger partial charge in [0.15, 0.2) is 5.82 Å². The molecule has 1 aliphatic rings. The van der Waals surface area contributed by atoms with E-state index in [4.69, 9.17) is 29.0 Å². The number of nitrogens with two attached hydrogens (primary N) is 1. The van der Waals surface area contributed by atoms with Gasteiger partial charge in [-0.2, -0.15) is 0 Å². The van der Waals surface area contributed by atoms with Crippen LogP contribution in [-0.2, 0) is 4.79 Å². The third-order valence-electron chi connectivity index (χ3n) is 4.07. The lowest BCUT2D eigenvalue weighted by Crippen LogP contribution is -2.33. The van der Waals surface area contributed by atoms with Crippen LogP contribution in [0.25, 0.3) is 0 Å². The predicted molar refractivity (Wildman–Crippen MR) is 100 cm³/mol. The molecule has 0 radical (unpaired) electrons. The Hall–Kier alpha value is -1.44. The van der Waals surface area contributed by atoms with E-state index in [1.165, 1.54) is 16.4 Å². The van der Waals surface area contributed by atoms with Gasteiger partial charge in [-0.15, -0.1) is 10.2 Å². The highest BCUT2D eigenvalue weighted by atomic mass is 35.5. The van der Waals surface area contributed by atoms with Crippen LogP contribution >= 0.6 is 35.0 Å². The van der Waals surface area contributed by atoms with Crippen LogP contribution in [0, 0.1) is 0 Å². The monoisotopic (exact) mass is 399 g/mol. The quantitative estimate of drug-likeness (QED) is 0.572. The van der Waals surface area contributed by atoms with Gasteiger partial charge in [0.1, 0.15) is 0 Å². The van der Waals surface area contributed by atoms with Crippen molar-refractivity contribution in [3.63, 3.8) is 0 Å². The molecular weight excluding hydrogens is 381 g/mol. The van der Waals surface area contributed by atoms with Gasteiger partial charge in [0.25, 0.3) is 0 Å². The molecule has 1 aromatic heterocycles. The fourth-order valence-electron chi connectivity index (χ4n) is 2.46. The van der Waals surface area contributed by atoms with Crippen LogP contribution in [0.5, 0.6) is 0 Å². The van der Waals surface area contributed by atoms with Crippen molar-refractivity contribution in [2.45, 2.75) is 49.1 Å². The Labute approximate surface area is 160 Å². The number of thioether (sulfide) groups is 1. The second-order valence-electron chi connectivity index (χ2n) is 6.14. The number of nitrogen functional groups attached to an aromatic ring is 1. The molecule has 0 bridgehead atoms. The molecule has 1 aromatic carbocycles. The van der Waals surface area contributed by atoms with Gasteiger partial charge in [-0.1, -0.05) is 41.0 Å². The largest absolute Gasteiger partial charge is 0.349 e. The summed E-state index contributed by atoms with van der Waals surface area (Å²) in [5.41, 5.74) is 0.814. The molecular formula is C16H19Cl2N5OS. The van der Waals surface area contributed by atoms with Crippen molar-refractivity contribution >= 4 is 40.9 Å². The molecule has 1 fully saturated rings. The first kappa shape index (κ1) is 18.4. The SMILES string of the molecule is C[C@@H](Sc1nnc(C2CC2)n1N)C(=O)N[C@H](C)c1ccc(Cl)cc1Cl. The van der Waals surface area contributed by atoms with E-state index in [2.05, 4.69) is 15.5 Å². The number of aromatic nitrogens is 3. The smallest absolute Gasteiger partial charge is 0.233 e. The number of carbonyl (C=O) groups is 1.